The number of pyridine rings is 1. The van der Waals surface area contributed by atoms with Gasteiger partial charge >= 0.3 is 0 Å². The van der Waals surface area contributed by atoms with Gasteiger partial charge in [-0.3, -0.25) is 9.36 Å². The number of allylic oxidation sites excluding steroid dienone is 1. The minimum atomic E-state index is -0.0805. The number of ether oxygens (including phenoxy) is 1. The monoisotopic (exact) mass is 511 g/mol. The van der Waals surface area contributed by atoms with Crippen LogP contribution in [0.15, 0.2) is 81.8 Å². The molecule has 0 bridgehead atoms. The standard InChI is InChI=1S/C31H37N5O2/c1-4-23-10-11-24-12-17-29(37)36(22-25-8-6-7-9-28(25)38-5-2)31(24)33-30(23)32-26-13-15-27(16-14-26)35-20-18-34(3)19-21-35/h6-9,11-17,32H,4-5,10,18-22H2,1-3H3. The summed E-state index contributed by atoms with van der Waals surface area (Å²) in [5, 5.41) is 4.53. The van der Waals surface area contributed by atoms with Crippen molar-refractivity contribution in [3.05, 3.63) is 98.7 Å². The van der Waals surface area contributed by atoms with Crippen molar-refractivity contribution < 1.29 is 4.74 Å². The van der Waals surface area contributed by atoms with E-state index in [9.17, 15) is 4.79 Å². The van der Waals surface area contributed by atoms with Crippen LogP contribution in [0.25, 0.3) is 6.08 Å². The number of fused-ring (bicyclic) bond motifs is 1. The van der Waals surface area contributed by atoms with E-state index in [-0.39, 0.29) is 5.56 Å². The van der Waals surface area contributed by atoms with Crippen molar-refractivity contribution in [2.24, 2.45) is 4.99 Å². The molecule has 0 unspecified atom stereocenters. The van der Waals surface area contributed by atoms with Crippen LogP contribution in [0.3, 0.4) is 0 Å². The van der Waals surface area contributed by atoms with Crippen molar-refractivity contribution in [2.45, 2.75) is 33.2 Å². The maximum absolute atomic E-state index is 13.1. The van der Waals surface area contributed by atoms with Gasteiger partial charge in [-0.25, -0.2) is 4.99 Å². The van der Waals surface area contributed by atoms with Crippen LogP contribution in [0.4, 0.5) is 11.4 Å². The third kappa shape index (κ3) is 5.68. The lowest BCUT2D eigenvalue weighted by molar-refractivity contribution is 0.313. The van der Waals surface area contributed by atoms with E-state index < -0.39 is 0 Å². The normalized spacial score (nSPS) is 15.8. The highest BCUT2D eigenvalue weighted by Gasteiger charge is 2.15. The SMILES string of the molecule is CCOc1ccccc1Cn1c(=O)ccc2c1=NC(Nc1ccc(N3CCN(C)CC3)cc1)=C(CC)CC=2. The molecule has 198 valence electrons. The molecule has 0 saturated carbocycles. The molecule has 1 aromatic heterocycles. The first-order valence-electron chi connectivity index (χ1n) is 13.6. The highest BCUT2D eigenvalue weighted by atomic mass is 16.5. The summed E-state index contributed by atoms with van der Waals surface area (Å²) in [4.78, 5) is 23.0. The molecule has 0 amide bonds. The van der Waals surface area contributed by atoms with Gasteiger partial charge in [-0.15, -0.1) is 0 Å². The average Bonchev–Trinajstić information content (AvgIpc) is 3.11. The lowest BCUT2D eigenvalue weighted by Gasteiger charge is -2.34. The number of para-hydroxylation sites is 1. The molecule has 38 heavy (non-hydrogen) atoms. The molecule has 2 aromatic carbocycles. The van der Waals surface area contributed by atoms with E-state index in [4.69, 9.17) is 9.73 Å². The first kappa shape index (κ1) is 25.8. The van der Waals surface area contributed by atoms with Gasteiger partial charge in [0.15, 0.2) is 0 Å². The highest BCUT2D eigenvalue weighted by molar-refractivity contribution is 5.58. The van der Waals surface area contributed by atoms with Gasteiger partial charge < -0.3 is 19.9 Å². The molecule has 1 N–H and O–H groups in total. The van der Waals surface area contributed by atoms with Crippen molar-refractivity contribution in [3.63, 3.8) is 0 Å². The first-order chi connectivity index (χ1) is 18.6. The molecule has 1 fully saturated rings. The van der Waals surface area contributed by atoms with Crippen LogP contribution in [0.2, 0.25) is 0 Å². The Kier molecular flexibility index (Phi) is 7.94. The van der Waals surface area contributed by atoms with Crippen molar-refractivity contribution in [1.29, 1.82) is 0 Å². The molecule has 0 aliphatic carbocycles. The molecule has 7 nitrogen and oxygen atoms in total. The molecule has 0 spiro atoms. The summed E-state index contributed by atoms with van der Waals surface area (Å²) in [7, 11) is 2.17. The maximum Gasteiger partial charge on any atom is 0.252 e. The summed E-state index contributed by atoms with van der Waals surface area (Å²) < 4.78 is 7.58. The van der Waals surface area contributed by atoms with Crippen LogP contribution >= 0.6 is 0 Å². The average molecular weight is 512 g/mol. The number of hydrogen-bond donors (Lipinski definition) is 1. The maximum atomic E-state index is 13.1. The Hall–Kier alpha value is -3.84. The van der Waals surface area contributed by atoms with Gasteiger partial charge in [0.2, 0.25) is 0 Å². The molecule has 7 heteroatoms. The van der Waals surface area contributed by atoms with Gasteiger partial charge in [0.1, 0.15) is 17.1 Å². The number of hydrogen-bond acceptors (Lipinski definition) is 6. The molecule has 5 rings (SSSR count). The van der Waals surface area contributed by atoms with Crippen LogP contribution in [-0.2, 0) is 6.54 Å². The second-order valence-electron chi connectivity index (χ2n) is 9.87. The number of piperazine rings is 1. The lowest BCUT2D eigenvalue weighted by Crippen LogP contribution is -2.44. The van der Waals surface area contributed by atoms with Crippen LogP contribution < -0.4 is 31.2 Å². The fourth-order valence-corrected chi connectivity index (χ4v) is 5.02. The summed E-state index contributed by atoms with van der Waals surface area (Å²) in [5.41, 5.74) is 4.98. The Morgan fingerprint density at radius 1 is 0.947 bits per heavy atom. The molecule has 0 radical (unpaired) electrons. The number of nitrogens with zero attached hydrogens (tertiary/aromatic N) is 4. The number of rotatable bonds is 8. The Labute approximate surface area is 224 Å². The van der Waals surface area contributed by atoms with Crippen LogP contribution in [0, 0.1) is 0 Å². The summed E-state index contributed by atoms with van der Waals surface area (Å²) in [5.74, 6) is 1.60. The summed E-state index contributed by atoms with van der Waals surface area (Å²) >= 11 is 0. The van der Waals surface area contributed by atoms with Crippen LogP contribution in [0.5, 0.6) is 5.75 Å². The van der Waals surface area contributed by atoms with E-state index in [1.165, 1.54) is 11.3 Å². The highest BCUT2D eigenvalue weighted by Crippen LogP contribution is 2.23. The number of likely N-dealkylation sites (N-methyl/N-ethyl adjacent to an activating group) is 1. The predicted octanol–water partition coefficient (Wildman–Crippen LogP) is 3.58. The number of anilines is 2. The first-order valence-corrected chi connectivity index (χ1v) is 13.6. The lowest BCUT2D eigenvalue weighted by atomic mass is 10.1. The van der Waals surface area contributed by atoms with Gasteiger partial charge in [0, 0.05) is 54.4 Å². The predicted molar refractivity (Wildman–Crippen MR) is 154 cm³/mol. The molecular formula is C31H37N5O2. The Bertz CT molecular complexity index is 1480. The van der Waals surface area contributed by atoms with Gasteiger partial charge in [-0.1, -0.05) is 31.2 Å². The molecule has 0 atom stereocenters. The minimum Gasteiger partial charge on any atom is -0.494 e. The third-order valence-electron chi connectivity index (χ3n) is 7.33. The second-order valence-corrected chi connectivity index (χ2v) is 9.87. The molecule has 2 aliphatic heterocycles. The van der Waals surface area contributed by atoms with E-state index in [1.807, 2.05) is 37.3 Å². The molecular weight excluding hydrogens is 474 g/mol. The van der Waals surface area contributed by atoms with Gasteiger partial charge in [-0.05, 0) is 68.8 Å². The Morgan fingerprint density at radius 3 is 2.45 bits per heavy atom. The Morgan fingerprint density at radius 2 is 1.71 bits per heavy atom. The number of aromatic nitrogens is 1. The summed E-state index contributed by atoms with van der Waals surface area (Å²) in [6.45, 7) is 9.33. The van der Waals surface area contributed by atoms with Crippen LogP contribution in [-0.4, -0.2) is 49.3 Å². The van der Waals surface area contributed by atoms with Crippen molar-refractivity contribution in [3.8, 4) is 5.75 Å². The van der Waals surface area contributed by atoms with E-state index in [0.717, 1.165) is 67.1 Å². The van der Waals surface area contributed by atoms with E-state index in [2.05, 4.69) is 59.4 Å². The zero-order valence-electron chi connectivity index (χ0n) is 22.6. The zero-order valence-corrected chi connectivity index (χ0v) is 22.6. The second kappa shape index (κ2) is 11.7. The quantitative estimate of drug-likeness (QED) is 0.501. The fraction of sp³-hybridized carbons (Fsp3) is 0.355. The Balaban J connectivity index is 1.48. The number of benzene rings is 2. The van der Waals surface area contributed by atoms with Crippen molar-refractivity contribution in [2.75, 3.05) is 50.1 Å². The molecule has 2 aliphatic rings. The van der Waals surface area contributed by atoms with E-state index >= 15 is 0 Å². The topological polar surface area (TPSA) is 62.1 Å². The minimum absolute atomic E-state index is 0.0805. The van der Waals surface area contributed by atoms with Crippen molar-refractivity contribution >= 4 is 17.5 Å². The van der Waals surface area contributed by atoms with Gasteiger partial charge in [-0.2, -0.15) is 0 Å². The molecule has 1 saturated heterocycles. The molecule has 3 aromatic rings. The summed E-state index contributed by atoms with van der Waals surface area (Å²) in [6.07, 6.45) is 3.82. The van der Waals surface area contributed by atoms with E-state index in [1.54, 1.807) is 10.6 Å². The smallest absolute Gasteiger partial charge is 0.252 e. The van der Waals surface area contributed by atoms with Crippen LogP contribution in [0.1, 0.15) is 32.3 Å². The molecule has 3 heterocycles. The van der Waals surface area contributed by atoms with Gasteiger partial charge in [0.25, 0.3) is 5.56 Å². The number of nitrogens with one attached hydrogen (secondary N) is 1. The fourth-order valence-electron chi connectivity index (χ4n) is 5.02. The largest absolute Gasteiger partial charge is 0.494 e. The van der Waals surface area contributed by atoms with E-state index in [0.29, 0.717) is 18.6 Å². The zero-order chi connectivity index (χ0) is 26.5. The van der Waals surface area contributed by atoms with Gasteiger partial charge in [0.05, 0.1) is 13.2 Å². The third-order valence-corrected chi connectivity index (χ3v) is 7.33. The van der Waals surface area contributed by atoms with Crippen molar-refractivity contribution in [1.82, 2.24) is 9.47 Å². The summed E-state index contributed by atoms with van der Waals surface area (Å²) in [6, 6.07) is 20.0.